The summed E-state index contributed by atoms with van der Waals surface area (Å²) in [4.78, 5) is 21.8. The maximum atomic E-state index is 11.8. The minimum Gasteiger partial charge on any atom is -0.461 e. The van der Waals surface area contributed by atoms with Crippen molar-refractivity contribution in [1.82, 2.24) is 9.88 Å². The number of esters is 1. The van der Waals surface area contributed by atoms with E-state index in [9.17, 15) is 4.79 Å². The Morgan fingerprint density at radius 1 is 1.45 bits per heavy atom. The predicted octanol–water partition coefficient (Wildman–Crippen LogP) is 2.16. The third-order valence-electron chi connectivity index (χ3n) is 3.72. The zero-order valence-corrected chi connectivity index (χ0v) is 13.5. The van der Waals surface area contributed by atoms with Gasteiger partial charge in [0.05, 0.1) is 6.61 Å². The first-order valence-corrected chi connectivity index (χ1v) is 7.90. The van der Waals surface area contributed by atoms with Crippen molar-refractivity contribution < 1.29 is 9.53 Å². The molecule has 1 saturated heterocycles. The number of hydrogen-bond acceptors (Lipinski definition) is 6. The molecule has 20 heavy (non-hydrogen) atoms. The fourth-order valence-corrected chi connectivity index (χ4v) is 3.43. The fourth-order valence-electron chi connectivity index (χ4n) is 2.48. The number of thiazole rings is 1. The second-order valence-electron chi connectivity index (χ2n) is 5.30. The van der Waals surface area contributed by atoms with Gasteiger partial charge in [0, 0.05) is 24.0 Å². The Morgan fingerprint density at radius 2 is 2.10 bits per heavy atom. The fraction of sp³-hybridized carbons (Fsp3) is 0.714. The first-order chi connectivity index (χ1) is 9.52. The number of nitrogens with zero attached hydrogens (tertiary/aromatic N) is 3. The monoisotopic (exact) mass is 297 g/mol. The molecule has 0 saturated carbocycles. The van der Waals surface area contributed by atoms with Gasteiger partial charge in [-0.15, -0.1) is 11.3 Å². The number of hydrogen-bond donors (Lipinski definition) is 0. The molecular weight excluding hydrogens is 274 g/mol. The third-order valence-corrected chi connectivity index (χ3v) is 4.75. The van der Waals surface area contributed by atoms with Gasteiger partial charge in [0.1, 0.15) is 0 Å². The highest BCUT2D eigenvalue weighted by Crippen LogP contribution is 2.29. The average Bonchev–Trinajstić information content (AvgIpc) is 2.81. The molecule has 0 aliphatic carbocycles. The number of carbonyl (C=O) groups is 1. The van der Waals surface area contributed by atoms with Crippen LogP contribution in [0.25, 0.3) is 0 Å². The van der Waals surface area contributed by atoms with Crippen LogP contribution in [0.4, 0.5) is 5.13 Å². The highest BCUT2D eigenvalue weighted by molar-refractivity contribution is 7.15. The molecule has 5 nitrogen and oxygen atoms in total. The lowest BCUT2D eigenvalue weighted by Crippen LogP contribution is -2.41. The van der Waals surface area contributed by atoms with E-state index >= 15 is 0 Å². The lowest BCUT2D eigenvalue weighted by molar-refractivity contribution is 0.0519. The summed E-state index contributed by atoms with van der Waals surface area (Å²) in [5.41, 5.74) is 0.474. The van der Waals surface area contributed by atoms with Crippen LogP contribution >= 0.6 is 11.3 Å². The van der Waals surface area contributed by atoms with Gasteiger partial charge in [0.25, 0.3) is 0 Å². The molecule has 0 spiro atoms. The van der Waals surface area contributed by atoms with E-state index in [1.807, 2.05) is 13.8 Å². The molecule has 1 aliphatic rings. The highest BCUT2D eigenvalue weighted by Gasteiger charge is 2.24. The van der Waals surface area contributed by atoms with Gasteiger partial charge in [-0.1, -0.05) is 0 Å². The number of rotatable bonds is 4. The van der Waals surface area contributed by atoms with Crippen LogP contribution in [0.2, 0.25) is 0 Å². The summed E-state index contributed by atoms with van der Waals surface area (Å²) >= 11 is 1.59. The molecule has 0 aromatic carbocycles. The normalized spacial score (nSPS) is 16.8. The largest absolute Gasteiger partial charge is 0.461 e. The van der Waals surface area contributed by atoms with Crippen molar-refractivity contribution in [2.75, 3.05) is 38.7 Å². The van der Waals surface area contributed by atoms with E-state index in [1.165, 1.54) is 0 Å². The van der Waals surface area contributed by atoms with Gasteiger partial charge in [-0.2, -0.15) is 0 Å². The summed E-state index contributed by atoms with van der Waals surface area (Å²) in [6.45, 7) is 6.13. The lowest BCUT2D eigenvalue weighted by atomic mass is 10.0. The molecule has 2 rings (SSSR count). The topological polar surface area (TPSA) is 45.7 Å². The molecule has 0 radical (unpaired) electrons. The van der Waals surface area contributed by atoms with E-state index in [0.717, 1.165) is 35.9 Å². The Morgan fingerprint density at radius 3 is 2.65 bits per heavy atom. The minimum absolute atomic E-state index is 0.310. The minimum atomic E-state index is -0.310. The van der Waals surface area contributed by atoms with E-state index in [-0.39, 0.29) is 5.97 Å². The van der Waals surface area contributed by atoms with Crippen LogP contribution in [-0.2, 0) is 4.74 Å². The maximum absolute atomic E-state index is 11.8. The Balaban J connectivity index is 2.04. The van der Waals surface area contributed by atoms with Crippen molar-refractivity contribution in [1.29, 1.82) is 0 Å². The van der Waals surface area contributed by atoms with Gasteiger partial charge in [0.2, 0.25) is 0 Å². The zero-order chi connectivity index (χ0) is 14.7. The molecular formula is C14H23N3O2S. The quantitative estimate of drug-likeness (QED) is 0.797. The second kappa shape index (κ2) is 6.54. The van der Waals surface area contributed by atoms with Crippen LogP contribution in [0.5, 0.6) is 0 Å². The van der Waals surface area contributed by atoms with Crippen LogP contribution in [0.15, 0.2) is 0 Å². The van der Waals surface area contributed by atoms with Crippen molar-refractivity contribution in [2.45, 2.75) is 32.7 Å². The molecule has 112 valence electrons. The Kier molecular flexibility index (Phi) is 4.99. The van der Waals surface area contributed by atoms with Crippen molar-refractivity contribution in [3.05, 3.63) is 10.6 Å². The predicted molar refractivity (Wildman–Crippen MR) is 81.7 cm³/mol. The third kappa shape index (κ3) is 3.30. The van der Waals surface area contributed by atoms with Crippen LogP contribution < -0.4 is 4.90 Å². The first-order valence-electron chi connectivity index (χ1n) is 7.08. The molecule has 1 aromatic heterocycles. The Bertz CT molecular complexity index is 465. The van der Waals surface area contributed by atoms with Gasteiger partial charge in [0.15, 0.2) is 10.8 Å². The van der Waals surface area contributed by atoms with Crippen molar-refractivity contribution in [2.24, 2.45) is 0 Å². The molecule has 2 heterocycles. The molecule has 0 atom stereocenters. The van der Waals surface area contributed by atoms with Crippen LogP contribution in [0.1, 0.15) is 35.1 Å². The van der Waals surface area contributed by atoms with Crippen LogP contribution in [0.3, 0.4) is 0 Å². The second-order valence-corrected chi connectivity index (χ2v) is 6.49. The van der Waals surface area contributed by atoms with E-state index in [4.69, 9.17) is 4.74 Å². The van der Waals surface area contributed by atoms with E-state index in [0.29, 0.717) is 18.3 Å². The van der Waals surface area contributed by atoms with Crippen LogP contribution in [-0.4, -0.2) is 55.7 Å². The van der Waals surface area contributed by atoms with Gasteiger partial charge in [-0.25, -0.2) is 9.78 Å². The Labute approximate surface area is 124 Å². The summed E-state index contributed by atoms with van der Waals surface area (Å²) in [7, 11) is 4.26. The van der Waals surface area contributed by atoms with Gasteiger partial charge in [-0.3, -0.25) is 0 Å². The van der Waals surface area contributed by atoms with Crippen LogP contribution in [0, 0.1) is 6.92 Å². The standard InChI is InChI=1S/C14H23N3O2S/c1-5-19-13(18)12-10(2)20-14(15-12)17-8-6-11(7-9-17)16(3)4/h11H,5-9H2,1-4H3. The molecule has 0 N–H and O–H groups in total. The number of ether oxygens (including phenoxy) is 1. The van der Waals surface area contributed by atoms with E-state index < -0.39 is 0 Å². The number of piperidine rings is 1. The number of aryl methyl sites for hydroxylation is 1. The summed E-state index contributed by atoms with van der Waals surface area (Å²) in [5, 5.41) is 0.947. The van der Waals surface area contributed by atoms with Crippen molar-refractivity contribution in [3.63, 3.8) is 0 Å². The first kappa shape index (κ1) is 15.3. The summed E-state index contributed by atoms with van der Waals surface area (Å²) in [6, 6.07) is 0.650. The molecule has 0 amide bonds. The summed E-state index contributed by atoms with van der Waals surface area (Å²) in [5.74, 6) is -0.310. The van der Waals surface area contributed by atoms with Crippen molar-refractivity contribution >= 4 is 22.4 Å². The summed E-state index contributed by atoms with van der Waals surface area (Å²) in [6.07, 6.45) is 2.28. The van der Waals surface area contributed by atoms with Crippen molar-refractivity contribution in [3.8, 4) is 0 Å². The maximum Gasteiger partial charge on any atom is 0.358 e. The average molecular weight is 297 g/mol. The number of carbonyl (C=O) groups excluding carboxylic acids is 1. The van der Waals surface area contributed by atoms with Gasteiger partial charge < -0.3 is 14.5 Å². The number of anilines is 1. The molecule has 0 bridgehead atoms. The smallest absolute Gasteiger partial charge is 0.358 e. The molecule has 0 unspecified atom stereocenters. The van der Waals surface area contributed by atoms with Gasteiger partial charge in [-0.05, 0) is 40.8 Å². The lowest BCUT2D eigenvalue weighted by Gasteiger charge is -2.35. The Hall–Kier alpha value is -1.14. The number of aromatic nitrogens is 1. The van der Waals surface area contributed by atoms with Gasteiger partial charge >= 0.3 is 5.97 Å². The molecule has 1 fully saturated rings. The molecule has 6 heteroatoms. The highest BCUT2D eigenvalue weighted by atomic mass is 32.1. The SMILES string of the molecule is CCOC(=O)c1nc(N2CCC(N(C)C)CC2)sc1C. The van der Waals surface area contributed by atoms with E-state index in [2.05, 4.69) is 28.9 Å². The zero-order valence-electron chi connectivity index (χ0n) is 12.7. The summed E-state index contributed by atoms with van der Waals surface area (Å²) < 4.78 is 5.04. The van der Waals surface area contributed by atoms with E-state index in [1.54, 1.807) is 11.3 Å². The molecule has 1 aliphatic heterocycles. The molecule has 1 aromatic rings.